The van der Waals surface area contributed by atoms with Crippen molar-refractivity contribution in [1.29, 1.82) is 0 Å². The zero-order valence-corrected chi connectivity index (χ0v) is 12.4. The molecule has 0 fully saturated rings. The van der Waals surface area contributed by atoms with Gasteiger partial charge in [0.15, 0.2) is 0 Å². The van der Waals surface area contributed by atoms with E-state index in [0.29, 0.717) is 0 Å². The molecule has 0 unspecified atom stereocenters. The van der Waals surface area contributed by atoms with Gasteiger partial charge in [0, 0.05) is 22.4 Å². The summed E-state index contributed by atoms with van der Waals surface area (Å²) in [5.41, 5.74) is 4.38. The van der Waals surface area contributed by atoms with Crippen LogP contribution in [0.15, 0.2) is 34.2 Å². The van der Waals surface area contributed by atoms with Crippen LogP contribution >= 0.6 is 27.3 Å². The van der Waals surface area contributed by atoms with Gasteiger partial charge in [0.2, 0.25) is 0 Å². The lowest BCUT2D eigenvalue weighted by atomic mass is 10.2. The van der Waals surface area contributed by atoms with Crippen molar-refractivity contribution in [3.63, 3.8) is 0 Å². The highest BCUT2D eigenvalue weighted by molar-refractivity contribution is 9.10. The van der Waals surface area contributed by atoms with E-state index < -0.39 is 0 Å². The van der Waals surface area contributed by atoms with Gasteiger partial charge in [0.25, 0.3) is 0 Å². The number of hydrogen-bond donors (Lipinski definition) is 0. The quantitative estimate of drug-likeness (QED) is 0.853. The molecule has 0 N–H and O–H groups in total. The average Bonchev–Trinajstić information content (AvgIpc) is 2.68. The first-order chi connectivity index (χ1) is 8.16. The van der Waals surface area contributed by atoms with Gasteiger partial charge in [-0.1, -0.05) is 34.1 Å². The van der Waals surface area contributed by atoms with E-state index in [4.69, 9.17) is 0 Å². The molecule has 1 heterocycles. The van der Waals surface area contributed by atoms with Crippen LogP contribution in [0.4, 0.5) is 0 Å². The summed E-state index contributed by atoms with van der Waals surface area (Å²) in [7, 11) is 2.14. The van der Waals surface area contributed by atoms with Crippen LogP contribution in [0, 0.1) is 6.92 Å². The number of hydrogen-bond acceptors (Lipinski definition) is 3. The smallest absolute Gasteiger partial charge is 0.0798 e. The third-order valence-electron chi connectivity index (χ3n) is 2.66. The van der Waals surface area contributed by atoms with Crippen LogP contribution in [-0.2, 0) is 13.1 Å². The normalized spacial score (nSPS) is 11.1. The molecule has 90 valence electrons. The van der Waals surface area contributed by atoms with Crippen molar-refractivity contribution >= 4 is 27.3 Å². The van der Waals surface area contributed by atoms with E-state index in [-0.39, 0.29) is 0 Å². The Morgan fingerprint density at radius 3 is 2.71 bits per heavy atom. The summed E-state index contributed by atoms with van der Waals surface area (Å²) in [4.78, 5) is 7.93. The van der Waals surface area contributed by atoms with Gasteiger partial charge in [-0.25, -0.2) is 4.98 Å². The number of nitrogens with zero attached hydrogens (tertiary/aromatic N) is 2. The highest BCUT2D eigenvalue weighted by atomic mass is 79.9. The van der Waals surface area contributed by atoms with E-state index in [1.165, 1.54) is 14.9 Å². The average molecular weight is 311 g/mol. The molecule has 0 aliphatic carbocycles. The summed E-state index contributed by atoms with van der Waals surface area (Å²) >= 11 is 5.31. The molecule has 2 aromatic rings. The third kappa shape index (κ3) is 3.37. The summed E-state index contributed by atoms with van der Waals surface area (Å²) in [5, 5.41) is 0. The lowest BCUT2D eigenvalue weighted by molar-refractivity contribution is 0.320. The van der Waals surface area contributed by atoms with E-state index in [1.54, 1.807) is 11.3 Å². The molecule has 1 aromatic carbocycles. The molecule has 0 saturated heterocycles. The standard InChI is InChI=1S/C13H15BrN2S/c1-10-13(17-9-15-10)8-16(2)7-11-5-3-4-6-12(11)14/h3-6,9H,7-8H2,1-2H3. The van der Waals surface area contributed by atoms with Gasteiger partial charge in [-0.2, -0.15) is 0 Å². The number of aryl methyl sites for hydroxylation is 1. The number of aromatic nitrogens is 1. The predicted octanol–water partition coefficient (Wildman–Crippen LogP) is 3.85. The first kappa shape index (κ1) is 12.7. The molecule has 0 saturated carbocycles. The van der Waals surface area contributed by atoms with E-state index >= 15 is 0 Å². The van der Waals surface area contributed by atoms with E-state index in [9.17, 15) is 0 Å². The molecule has 2 rings (SSSR count). The summed E-state index contributed by atoms with van der Waals surface area (Å²) < 4.78 is 1.17. The van der Waals surface area contributed by atoms with Crippen molar-refractivity contribution in [3.05, 3.63) is 50.4 Å². The Labute approximate surface area is 114 Å². The zero-order chi connectivity index (χ0) is 12.3. The summed E-state index contributed by atoms with van der Waals surface area (Å²) in [6.45, 7) is 3.97. The maximum atomic E-state index is 4.28. The minimum absolute atomic E-state index is 0.943. The van der Waals surface area contributed by atoms with Crippen LogP contribution in [0.3, 0.4) is 0 Å². The fourth-order valence-corrected chi connectivity index (χ4v) is 2.96. The van der Waals surface area contributed by atoms with E-state index in [0.717, 1.165) is 18.8 Å². The van der Waals surface area contributed by atoms with Crippen molar-refractivity contribution < 1.29 is 0 Å². The topological polar surface area (TPSA) is 16.1 Å². The molecule has 0 aliphatic rings. The molecular formula is C13H15BrN2S. The largest absolute Gasteiger partial charge is 0.297 e. The highest BCUT2D eigenvalue weighted by Gasteiger charge is 2.07. The van der Waals surface area contributed by atoms with Crippen molar-refractivity contribution in [1.82, 2.24) is 9.88 Å². The zero-order valence-electron chi connectivity index (χ0n) is 9.98. The second kappa shape index (κ2) is 5.76. The van der Waals surface area contributed by atoms with E-state index in [1.807, 2.05) is 11.6 Å². The van der Waals surface area contributed by atoms with Gasteiger partial charge in [0.1, 0.15) is 0 Å². The molecular weight excluding hydrogens is 296 g/mol. The SMILES string of the molecule is Cc1ncsc1CN(C)Cc1ccccc1Br. The third-order valence-corrected chi connectivity index (χ3v) is 4.35. The fourth-order valence-electron chi connectivity index (χ4n) is 1.70. The summed E-state index contributed by atoms with van der Waals surface area (Å²) in [6, 6.07) is 8.36. The lowest BCUT2D eigenvalue weighted by Crippen LogP contribution is -2.17. The number of halogens is 1. The van der Waals surface area contributed by atoms with Gasteiger partial charge in [-0.15, -0.1) is 11.3 Å². The Hall–Kier alpha value is -0.710. The maximum absolute atomic E-state index is 4.28. The second-order valence-electron chi connectivity index (χ2n) is 4.12. The first-order valence-corrected chi connectivity index (χ1v) is 7.15. The molecule has 1 aromatic heterocycles. The number of benzene rings is 1. The number of thiazole rings is 1. The molecule has 0 spiro atoms. The monoisotopic (exact) mass is 310 g/mol. The predicted molar refractivity (Wildman–Crippen MR) is 76.2 cm³/mol. The Bertz CT molecular complexity index is 496. The van der Waals surface area contributed by atoms with Crippen molar-refractivity contribution in [2.75, 3.05) is 7.05 Å². The Balaban J connectivity index is 2.01. The summed E-state index contributed by atoms with van der Waals surface area (Å²) in [6.07, 6.45) is 0. The van der Waals surface area contributed by atoms with Crippen LogP contribution in [0.5, 0.6) is 0 Å². The van der Waals surface area contributed by atoms with Crippen LogP contribution in [0.1, 0.15) is 16.1 Å². The molecule has 0 atom stereocenters. The van der Waals surface area contributed by atoms with Crippen molar-refractivity contribution in [3.8, 4) is 0 Å². The van der Waals surface area contributed by atoms with Crippen molar-refractivity contribution in [2.24, 2.45) is 0 Å². The van der Waals surface area contributed by atoms with Crippen LogP contribution in [-0.4, -0.2) is 16.9 Å². The van der Waals surface area contributed by atoms with Gasteiger partial charge < -0.3 is 0 Å². The van der Waals surface area contributed by atoms with Crippen molar-refractivity contribution in [2.45, 2.75) is 20.0 Å². The van der Waals surface area contributed by atoms with Crippen LogP contribution in [0.2, 0.25) is 0 Å². The Morgan fingerprint density at radius 2 is 2.06 bits per heavy atom. The minimum Gasteiger partial charge on any atom is -0.297 e. The van der Waals surface area contributed by atoms with Gasteiger partial charge in [-0.3, -0.25) is 4.90 Å². The van der Waals surface area contributed by atoms with Gasteiger partial charge in [0.05, 0.1) is 11.2 Å². The number of rotatable bonds is 4. The minimum atomic E-state index is 0.943. The highest BCUT2D eigenvalue weighted by Crippen LogP contribution is 2.19. The molecule has 0 bridgehead atoms. The molecule has 0 aliphatic heterocycles. The lowest BCUT2D eigenvalue weighted by Gasteiger charge is -2.16. The van der Waals surface area contributed by atoms with Crippen LogP contribution < -0.4 is 0 Å². The molecule has 4 heteroatoms. The van der Waals surface area contributed by atoms with Crippen LogP contribution in [0.25, 0.3) is 0 Å². The van der Waals surface area contributed by atoms with Gasteiger partial charge >= 0.3 is 0 Å². The fraction of sp³-hybridized carbons (Fsp3) is 0.308. The summed E-state index contributed by atoms with van der Waals surface area (Å²) in [5.74, 6) is 0. The Kier molecular flexibility index (Phi) is 4.31. The Morgan fingerprint density at radius 1 is 1.29 bits per heavy atom. The molecule has 0 radical (unpaired) electrons. The molecule has 0 amide bonds. The second-order valence-corrected chi connectivity index (χ2v) is 5.92. The van der Waals surface area contributed by atoms with E-state index in [2.05, 4.69) is 58.0 Å². The van der Waals surface area contributed by atoms with Gasteiger partial charge in [-0.05, 0) is 25.6 Å². The molecule has 17 heavy (non-hydrogen) atoms. The molecule has 2 nitrogen and oxygen atoms in total. The first-order valence-electron chi connectivity index (χ1n) is 5.47. The maximum Gasteiger partial charge on any atom is 0.0798 e.